The van der Waals surface area contributed by atoms with Crippen molar-refractivity contribution >= 4 is 38.1 Å². The van der Waals surface area contributed by atoms with Crippen molar-refractivity contribution in [2.75, 3.05) is 28.7 Å². The van der Waals surface area contributed by atoms with Crippen molar-refractivity contribution < 1.29 is 13.5 Å². The fourth-order valence-electron chi connectivity index (χ4n) is 1.97. The molecule has 19 heavy (non-hydrogen) atoms. The SMILES string of the molecule is CCS(=O)(=O)C1CSCCN1c1nc(C)c(CO)s1. The quantitative estimate of drug-likeness (QED) is 0.900. The number of rotatable bonds is 4. The second-order valence-corrected chi connectivity index (χ2v) is 9.00. The number of thiazole rings is 1. The van der Waals surface area contributed by atoms with Crippen LogP contribution in [0.25, 0.3) is 0 Å². The van der Waals surface area contributed by atoms with Gasteiger partial charge in [-0.2, -0.15) is 11.8 Å². The van der Waals surface area contributed by atoms with Crippen molar-refractivity contribution in [2.45, 2.75) is 25.8 Å². The minimum Gasteiger partial charge on any atom is -0.391 e. The van der Waals surface area contributed by atoms with E-state index in [1.807, 2.05) is 11.8 Å². The largest absolute Gasteiger partial charge is 0.391 e. The van der Waals surface area contributed by atoms with Gasteiger partial charge in [0.2, 0.25) is 0 Å². The minimum atomic E-state index is -3.12. The van der Waals surface area contributed by atoms with Gasteiger partial charge in [0, 0.05) is 23.8 Å². The zero-order valence-corrected chi connectivity index (χ0v) is 13.4. The number of aliphatic hydroxyl groups is 1. The first-order valence-corrected chi connectivity index (χ1v) is 9.81. The molecule has 1 saturated heterocycles. The number of aromatic nitrogens is 1. The van der Waals surface area contributed by atoms with Gasteiger partial charge in [-0.3, -0.25) is 0 Å². The molecule has 5 nitrogen and oxygen atoms in total. The Morgan fingerprint density at radius 2 is 2.26 bits per heavy atom. The molecule has 0 bridgehead atoms. The Labute approximate surface area is 122 Å². The molecule has 0 saturated carbocycles. The van der Waals surface area contributed by atoms with Gasteiger partial charge < -0.3 is 10.0 Å². The highest BCUT2D eigenvalue weighted by atomic mass is 32.2. The van der Waals surface area contributed by atoms with Gasteiger partial charge in [0.25, 0.3) is 0 Å². The standard InChI is InChI=1S/C11H18N2O3S3/c1-3-19(15,16)10-7-17-5-4-13(10)11-12-8(2)9(6-14)18-11/h10,14H,3-7H2,1-2H3. The molecule has 1 aromatic heterocycles. The third-order valence-electron chi connectivity index (χ3n) is 3.17. The molecule has 0 aliphatic carbocycles. The van der Waals surface area contributed by atoms with Crippen LogP contribution in [0.4, 0.5) is 5.13 Å². The molecule has 1 aliphatic heterocycles. The molecule has 2 heterocycles. The molecular formula is C11H18N2O3S3. The van der Waals surface area contributed by atoms with E-state index in [4.69, 9.17) is 0 Å². The lowest BCUT2D eigenvalue weighted by molar-refractivity contribution is 0.284. The van der Waals surface area contributed by atoms with Gasteiger partial charge in [-0.1, -0.05) is 18.3 Å². The highest BCUT2D eigenvalue weighted by Crippen LogP contribution is 2.32. The van der Waals surface area contributed by atoms with Crippen LogP contribution in [0, 0.1) is 6.92 Å². The highest BCUT2D eigenvalue weighted by Gasteiger charge is 2.34. The third-order valence-corrected chi connectivity index (χ3v) is 7.64. The molecule has 8 heteroatoms. The number of aryl methyl sites for hydroxylation is 1. The zero-order chi connectivity index (χ0) is 14.0. The smallest absolute Gasteiger partial charge is 0.186 e. The van der Waals surface area contributed by atoms with E-state index in [2.05, 4.69) is 4.98 Å². The monoisotopic (exact) mass is 322 g/mol. The molecule has 0 amide bonds. The van der Waals surface area contributed by atoms with Crippen LogP contribution < -0.4 is 4.90 Å². The van der Waals surface area contributed by atoms with Crippen LogP contribution in [0.1, 0.15) is 17.5 Å². The Kier molecular flexibility index (Phi) is 4.75. The van der Waals surface area contributed by atoms with Gasteiger partial charge in [0.15, 0.2) is 15.0 Å². The summed E-state index contributed by atoms with van der Waals surface area (Å²) in [6, 6.07) is 0. The first kappa shape index (κ1) is 15.1. The van der Waals surface area contributed by atoms with Crippen LogP contribution in [0.3, 0.4) is 0 Å². The molecule has 0 radical (unpaired) electrons. The molecule has 1 atom stereocenters. The van der Waals surface area contributed by atoms with Crippen molar-refractivity contribution in [1.29, 1.82) is 0 Å². The molecule has 0 spiro atoms. The minimum absolute atomic E-state index is 0.0444. The van der Waals surface area contributed by atoms with Gasteiger partial charge >= 0.3 is 0 Å². The van der Waals surface area contributed by atoms with E-state index in [0.717, 1.165) is 16.3 Å². The Morgan fingerprint density at radius 1 is 1.53 bits per heavy atom. The van der Waals surface area contributed by atoms with Crippen LogP contribution in [0.5, 0.6) is 0 Å². The number of anilines is 1. The van der Waals surface area contributed by atoms with Crippen LogP contribution in [-0.4, -0.2) is 47.7 Å². The highest BCUT2D eigenvalue weighted by molar-refractivity contribution is 8.01. The molecule has 1 aliphatic rings. The van der Waals surface area contributed by atoms with E-state index in [0.29, 0.717) is 17.4 Å². The lowest BCUT2D eigenvalue weighted by Crippen LogP contribution is -2.48. The van der Waals surface area contributed by atoms with Crippen LogP contribution >= 0.6 is 23.1 Å². The maximum absolute atomic E-state index is 12.2. The lowest BCUT2D eigenvalue weighted by atomic mass is 10.4. The van der Waals surface area contributed by atoms with Crippen LogP contribution in [0.15, 0.2) is 0 Å². The summed E-state index contributed by atoms with van der Waals surface area (Å²) in [5.41, 5.74) is 0.786. The Bertz CT molecular complexity index is 541. The summed E-state index contributed by atoms with van der Waals surface area (Å²) >= 11 is 3.05. The molecule has 108 valence electrons. The third kappa shape index (κ3) is 3.07. The number of sulfone groups is 1. The normalized spacial score (nSPS) is 20.8. The van der Waals surface area contributed by atoms with Crippen LogP contribution in [-0.2, 0) is 16.4 Å². The second kappa shape index (κ2) is 5.99. The maximum atomic E-state index is 12.2. The predicted molar refractivity (Wildman–Crippen MR) is 80.7 cm³/mol. The van der Waals surface area contributed by atoms with Gasteiger partial charge in [0.1, 0.15) is 5.37 Å². The number of aliphatic hydroxyl groups excluding tert-OH is 1. The van der Waals surface area contributed by atoms with Crippen molar-refractivity contribution in [1.82, 2.24) is 4.98 Å². The van der Waals surface area contributed by atoms with E-state index in [-0.39, 0.29) is 12.4 Å². The number of nitrogens with zero attached hydrogens (tertiary/aromatic N) is 2. The van der Waals surface area contributed by atoms with Crippen LogP contribution in [0.2, 0.25) is 0 Å². The van der Waals surface area contributed by atoms with E-state index in [1.54, 1.807) is 18.7 Å². The van der Waals surface area contributed by atoms with Gasteiger partial charge in [-0.15, -0.1) is 0 Å². The predicted octanol–water partition coefficient (Wildman–Crippen LogP) is 1.26. The second-order valence-electron chi connectivity index (χ2n) is 4.34. The molecule has 2 rings (SSSR count). The van der Waals surface area contributed by atoms with E-state index < -0.39 is 15.2 Å². The van der Waals surface area contributed by atoms with Crippen molar-refractivity contribution in [3.05, 3.63) is 10.6 Å². The lowest BCUT2D eigenvalue weighted by Gasteiger charge is -2.34. The molecule has 1 N–H and O–H groups in total. The van der Waals surface area contributed by atoms with Crippen molar-refractivity contribution in [2.24, 2.45) is 0 Å². The van der Waals surface area contributed by atoms with Crippen molar-refractivity contribution in [3.8, 4) is 0 Å². The number of hydrogen-bond donors (Lipinski definition) is 1. The van der Waals surface area contributed by atoms with E-state index in [9.17, 15) is 13.5 Å². The van der Waals surface area contributed by atoms with E-state index >= 15 is 0 Å². The summed E-state index contributed by atoms with van der Waals surface area (Å²) in [6.07, 6.45) is 0. The summed E-state index contributed by atoms with van der Waals surface area (Å²) in [4.78, 5) is 7.10. The molecule has 1 aromatic rings. The first-order valence-electron chi connectivity index (χ1n) is 6.12. The molecule has 1 fully saturated rings. The summed E-state index contributed by atoms with van der Waals surface area (Å²) < 4.78 is 24.3. The molecule has 0 aromatic carbocycles. The topological polar surface area (TPSA) is 70.5 Å². The summed E-state index contributed by atoms with van der Waals surface area (Å²) in [5.74, 6) is 1.64. The fraction of sp³-hybridized carbons (Fsp3) is 0.727. The van der Waals surface area contributed by atoms with Crippen molar-refractivity contribution in [3.63, 3.8) is 0 Å². The maximum Gasteiger partial charge on any atom is 0.186 e. The zero-order valence-electron chi connectivity index (χ0n) is 11.0. The summed E-state index contributed by atoms with van der Waals surface area (Å²) in [6.45, 7) is 4.16. The first-order chi connectivity index (χ1) is 8.99. The average molecular weight is 322 g/mol. The molecular weight excluding hydrogens is 304 g/mol. The van der Waals surface area contributed by atoms with E-state index in [1.165, 1.54) is 11.3 Å². The van der Waals surface area contributed by atoms with Gasteiger partial charge in [-0.05, 0) is 6.92 Å². The Hall–Kier alpha value is -0.310. The fourth-order valence-corrected chi connectivity index (χ4v) is 6.01. The summed E-state index contributed by atoms with van der Waals surface area (Å²) in [5, 5.41) is 9.45. The number of hydrogen-bond acceptors (Lipinski definition) is 7. The van der Waals surface area contributed by atoms with Gasteiger partial charge in [-0.25, -0.2) is 13.4 Å². The average Bonchev–Trinajstić information content (AvgIpc) is 2.80. The van der Waals surface area contributed by atoms with Gasteiger partial charge in [0.05, 0.1) is 17.2 Å². The summed E-state index contributed by atoms with van der Waals surface area (Å²) in [7, 11) is -3.12. The molecule has 1 unspecified atom stereocenters. The number of thioether (sulfide) groups is 1. The Morgan fingerprint density at radius 3 is 2.84 bits per heavy atom. The Balaban J connectivity index is 2.34.